The Hall–Kier alpha value is -3.53. The lowest BCUT2D eigenvalue weighted by atomic mass is 10.1. The molecule has 118 valence electrons. The molecule has 0 aliphatic rings. The van der Waals surface area contributed by atoms with Crippen molar-refractivity contribution >= 4 is 11.9 Å². The van der Waals surface area contributed by atoms with E-state index in [0.29, 0.717) is 23.4 Å². The molecule has 3 rings (SSSR count). The maximum absolute atomic E-state index is 12.9. The third-order valence-corrected chi connectivity index (χ3v) is 3.21. The number of carbonyl (C=O) groups excluding carboxylic acids is 1. The molecule has 0 unspecified atom stereocenters. The molecule has 0 radical (unpaired) electrons. The van der Waals surface area contributed by atoms with Gasteiger partial charge in [0.2, 0.25) is 5.89 Å². The van der Waals surface area contributed by atoms with Crippen LogP contribution in [-0.2, 0) is 6.42 Å². The Bertz CT molecular complexity index is 913. The lowest BCUT2D eigenvalue weighted by Gasteiger charge is -2.00. The highest BCUT2D eigenvalue weighted by Crippen LogP contribution is 2.13. The van der Waals surface area contributed by atoms with E-state index in [1.807, 2.05) is 6.07 Å². The molecular weight excluding hydrogens is 311 g/mol. The Balaban J connectivity index is 1.68. The molecule has 6 nitrogen and oxygen atoms in total. The largest absolute Gasteiger partial charge is 0.407 e. The van der Waals surface area contributed by atoms with Crippen LogP contribution in [0, 0.1) is 17.1 Å². The first-order valence-electron chi connectivity index (χ1n) is 7.02. The summed E-state index contributed by atoms with van der Waals surface area (Å²) in [6.45, 7) is 0. The van der Waals surface area contributed by atoms with Crippen molar-refractivity contribution in [3.05, 3.63) is 76.9 Å². The smallest absolute Gasteiger partial charge is 0.322 e. The molecule has 1 aromatic heterocycles. The fraction of sp³-hybridized carbons (Fsp3) is 0.0588. The molecule has 0 saturated heterocycles. The van der Waals surface area contributed by atoms with Crippen molar-refractivity contribution < 1.29 is 13.6 Å². The molecule has 1 heterocycles. The van der Waals surface area contributed by atoms with Crippen molar-refractivity contribution in [2.45, 2.75) is 6.42 Å². The van der Waals surface area contributed by atoms with Crippen molar-refractivity contribution in [1.82, 2.24) is 10.2 Å². The number of halogens is 1. The first-order chi connectivity index (χ1) is 11.6. The van der Waals surface area contributed by atoms with Gasteiger partial charge in [-0.2, -0.15) is 5.26 Å². The molecule has 7 heteroatoms. The molecule has 0 atom stereocenters. The third kappa shape index (κ3) is 3.62. The summed E-state index contributed by atoms with van der Waals surface area (Å²) in [6, 6.07) is 14.1. The van der Waals surface area contributed by atoms with Crippen LogP contribution in [0.3, 0.4) is 0 Å². The van der Waals surface area contributed by atoms with E-state index in [2.05, 4.69) is 15.5 Å². The van der Waals surface area contributed by atoms with Gasteiger partial charge in [0.25, 0.3) is 5.91 Å². The van der Waals surface area contributed by atoms with Crippen molar-refractivity contribution in [2.24, 2.45) is 0 Å². The predicted octanol–water partition coefficient (Wildman–Crippen LogP) is 2.92. The van der Waals surface area contributed by atoms with Gasteiger partial charge in [0.1, 0.15) is 5.82 Å². The molecule has 0 fully saturated rings. The summed E-state index contributed by atoms with van der Waals surface area (Å²) in [5.41, 5.74) is 1.50. The van der Waals surface area contributed by atoms with Crippen molar-refractivity contribution in [3.63, 3.8) is 0 Å². The fourth-order valence-electron chi connectivity index (χ4n) is 2.05. The summed E-state index contributed by atoms with van der Waals surface area (Å²) in [5.74, 6) is -0.483. The maximum atomic E-state index is 12.9. The summed E-state index contributed by atoms with van der Waals surface area (Å²) in [6.07, 6.45) is 0.326. The number of anilines is 1. The average molecular weight is 322 g/mol. The zero-order chi connectivity index (χ0) is 16.9. The van der Waals surface area contributed by atoms with Crippen LogP contribution in [0.2, 0.25) is 0 Å². The Labute approximate surface area is 136 Å². The lowest BCUT2D eigenvalue weighted by Crippen LogP contribution is -2.12. The summed E-state index contributed by atoms with van der Waals surface area (Å²) < 4.78 is 18.2. The summed E-state index contributed by atoms with van der Waals surface area (Å²) in [4.78, 5) is 12.1. The SMILES string of the molecule is N#Cc1cccc(C(=O)Nc2nnc(Cc3ccc(F)cc3)o2)c1. The number of hydrogen-bond donors (Lipinski definition) is 1. The van der Waals surface area contributed by atoms with E-state index >= 15 is 0 Å². The number of nitrogens with one attached hydrogen (secondary N) is 1. The Morgan fingerprint density at radius 1 is 1.21 bits per heavy atom. The van der Waals surface area contributed by atoms with E-state index < -0.39 is 5.91 Å². The number of carbonyl (C=O) groups is 1. The number of nitrogens with zero attached hydrogens (tertiary/aromatic N) is 3. The first-order valence-corrected chi connectivity index (χ1v) is 7.02. The normalized spacial score (nSPS) is 10.2. The quantitative estimate of drug-likeness (QED) is 0.797. The first kappa shape index (κ1) is 15.4. The number of nitriles is 1. The molecule has 24 heavy (non-hydrogen) atoms. The van der Waals surface area contributed by atoms with E-state index in [-0.39, 0.29) is 11.8 Å². The van der Waals surface area contributed by atoms with Crippen LogP contribution >= 0.6 is 0 Å². The van der Waals surface area contributed by atoms with Crippen LogP contribution < -0.4 is 5.32 Å². The summed E-state index contributed by atoms with van der Waals surface area (Å²) >= 11 is 0. The number of rotatable bonds is 4. The molecule has 1 amide bonds. The minimum atomic E-state index is -0.455. The van der Waals surface area contributed by atoms with Gasteiger partial charge in [0, 0.05) is 5.56 Å². The van der Waals surface area contributed by atoms with Crippen LogP contribution in [-0.4, -0.2) is 16.1 Å². The average Bonchev–Trinajstić information content (AvgIpc) is 3.04. The summed E-state index contributed by atoms with van der Waals surface area (Å²) in [7, 11) is 0. The van der Waals surface area contributed by atoms with Gasteiger partial charge in [-0.05, 0) is 35.9 Å². The monoisotopic (exact) mass is 322 g/mol. The van der Waals surface area contributed by atoms with Gasteiger partial charge < -0.3 is 4.42 Å². The number of amides is 1. The molecule has 0 bridgehead atoms. The van der Waals surface area contributed by atoms with Crippen LogP contribution in [0.5, 0.6) is 0 Å². The highest BCUT2D eigenvalue weighted by molar-refractivity contribution is 6.03. The van der Waals surface area contributed by atoms with Gasteiger partial charge in [-0.3, -0.25) is 10.1 Å². The van der Waals surface area contributed by atoms with E-state index in [4.69, 9.17) is 9.68 Å². The van der Waals surface area contributed by atoms with E-state index in [0.717, 1.165) is 5.56 Å². The Morgan fingerprint density at radius 3 is 2.75 bits per heavy atom. The number of hydrogen-bond acceptors (Lipinski definition) is 5. The predicted molar refractivity (Wildman–Crippen MR) is 82.6 cm³/mol. The third-order valence-electron chi connectivity index (χ3n) is 3.21. The van der Waals surface area contributed by atoms with Gasteiger partial charge in [-0.15, -0.1) is 5.10 Å². The molecule has 0 spiro atoms. The minimum Gasteiger partial charge on any atom is -0.407 e. The molecule has 1 N–H and O–H groups in total. The van der Waals surface area contributed by atoms with Gasteiger partial charge in [-0.25, -0.2) is 4.39 Å². The van der Waals surface area contributed by atoms with Gasteiger partial charge in [0.15, 0.2) is 0 Å². The molecule has 0 saturated carbocycles. The lowest BCUT2D eigenvalue weighted by molar-refractivity contribution is 0.102. The van der Waals surface area contributed by atoms with E-state index in [1.165, 1.54) is 18.2 Å². The highest BCUT2D eigenvalue weighted by atomic mass is 19.1. The van der Waals surface area contributed by atoms with Gasteiger partial charge >= 0.3 is 6.01 Å². The standard InChI is InChI=1S/C17H11FN4O2/c18-14-6-4-11(5-7-14)9-15-21-22-17(24-15)20-16(23)13-3-1-2-12(8-13)10-19/h1-8H,9H2,(H,20,22,23). The van der Waals surface area contributed by atoms with E-state index in [1.54, 1.807) is 30.3 Å². The molecular formula is C17H11FN4O2. The Kier molecular flexibility index (Phi) is 4.29. The number of aromatic nitrogens is 2. The highest BCUT2D eigenvalue weighted by Gasteiger charge is 2.12. The van der Waals surface area contributed by atoms with Crippen LogP contribution in [0.4, 0.5) is 10.4 Å². The molecule has 0 aliphatic carbocycles. The van der Waals surface area contributed by atoms with Crippen molar-refractivity contribution in [2.75, 3.05) is 5.32 Å². The van der Waals surface area contributed by atoms with Crippen molar-refractivity contribution in [3.8, 4) is 6.07 Å². The Morgan fingerprint density at radius 2 is 2.00 bits per heavy atom. The zero-order valence-electron chi connectivity index (χ0n) is 12.4. The van der Waals surface area contributed by atoms with Crippen LogP contribution in [0.15, 0.2) is 52.9 Å². The summed E-state index contributed by atoms with van der Waals surface area (Å²) in [5, 5.41) is 18.9. The maximum Gasteiger partial charge on any atom is 0.322 e. The number of benzene rings is 2. The van der Waals surface area contributed by atoms with Gasteiger partial charge in [-0.1, -0.05) is 23.3 Å². The second kappa shape index (κ2) is 6.71. The van der Waals surface area contributed by atoms with Crippen molar-refractivity contribution in [1.29, 1.82) is 5.26 Å². The van der Waals surface area contributed by atoms with Gasteiger partial charge in [0.05, 0.1) is 18.1 Å². The second-order valence-corrected chi connectivity index (χ2v) is 4.95. The zero-order valence-corrected chi connectivity index (χ0v) is 12.4. The van der Waals surface area contributed by atoms with E-state index in [9.17, 15) is 9.18 Å². The topological polar surface area (TPSA) is 91.8 Å². The fourth-order valence-corrected chi connectivity index (χ4v) is 2.05. The molecule has 2 aromatic carbocycles. The molecule has 0 aliphatic heterocycles. The van der Waals surface area contributed by atoms with Crippen LogP contribution in [0.25, 0.3) is 0 Å². The minimum absolute atomic E-state index is 0.0422. The van der Waals surface area contributed by atoms with Crippen LogP contribution in [0.1, 0.15) is 27.4 Å². The second-order valence-electron chi connectivity index (χ2n) is 4.95. The molecule has 3 aromatic rings.